The quantitative estimate of drug-likeness (QED) is 0.408. The third-order valence-corrected chi connectivity index (χ3v) is 5.73. The number of anilines is 1. The Hall–Kier alpha value is -3.56. The fraction of sp³-hybridized carbons (Fsp3) is 0.160. The second-order valence-corrected chi connectivity index (χ2v) is 8.05. The van der Waals surface area contributed by atoms with Gasteiger partial charge in [-0.05, 0) is 60.9 Å². The van der Waals surface area contributed by atoms with Gasteiger partial charge in [-0.3, -0.25) is 4.79 Å². The number of aryl methyl sites for hydroxylation is 2. The van der Waals surface area contributed by atoms with Gasteiger partial charge in [0.25, 0.3) is 5.91 Å². The topological polar surface area (TPSA) is 79.2 Å². The van der Waals surface area contributed by atoms with Gasteiger partial charge in [-0.15, -0.1) is 11.8 Å². The van der Waals surface area contributed by atoms with Crippen molar-refractivity contribution < 1.29 is 14.3 Å². The van der Waals surface area contributed by atoms with Crippen LogP contribution in [0.3, 0.4) is 0 Å². The molecule has 0 saturated carbocycles. The fourth-order valence-electron chi connectivity index (χ4n) is 2.86. The zero-order valence-electron chi connectivity index (χ0n) is 17.3. The number of nitrogens with zero attached hydrogens (tertiary/aromatic N) is 1. The van der Waals surface area contributed by atoms with Gasteiger partial charge in [0.15, 0.2) is 6.61 Å². The van der Waals surface area contributed by atoms with E-state index in [0.717, 1.165) is 21.6 Å². The van der Waals surface area contributed by atoms with Crippen LogP contribution >= 0.6 is 11.8 Å². The molecule has 0 heterocycles. The summed E-state index contributed by atoms with van der Waals surface area (Å²) in [4.78, 5) is 25.6. The lowest BCUT2D eigenvalue weighted by atomic mass is 10.1. The molecule has 3 aromatic rings. The van der Waals surface area contributed by atoms with E-state index in [2.05, 4.69) is 11.4 Å². The lowest BCUT2D eigenvalue weighted by molar-refractivity contribution is -0.119. The maximum atomic E-state index is 12.6. The molecule has 3 rings (SSSR count). The summed E-state index contributed by atoms with van der Waals surface area (Å²) in [7, 11) is 0. The summed E-state index contributed by atoms with van der Waals surface area (Å²) in [6, 6.07) is 22.3. The van der Waals surface area contributed by atoms with Crippen LogP contribution in [0.5, 0.6) is 0 Å². The van der Waals surface area contributed by atoms with Gasteiger partial charge in [-0.2, -0.15) is 5.26 Å². The molecule has 0 atom stereocenters. The molecule has 1 amide bonds. The standard InChI is InChI=1S/C25H22N2O3S/c1-17-7-8-18(2)22(13-17)27-24(28)15-30-25(29)21-5-3-4-6-23(21)31-16-20-11-9-19(14-26)10-12-20/h3-13H,15-16H2,1-2H3,(H,27,28). The van der Waals surface area contributed by atoms with E-state index in [0.29, 0.717) is 22.6 Å². The molecule has 0 aliphatic heterocycles. The van der Waals surface area contributed by atoms with Crippen LogP contribution in [0.1, 0.15) is 32.6 Å². The summed E-state index contributed by atoms with van der Waals surface area (Å²) < 4.78 is 5.25. The van der Waals surface area contributed by atoms with Crippen molar-refractivity contribution >= 4 is 29.3 Å². The number of nitriles is 1. The van der Waals surface area contributed by atoms with Crippen LogP contribution in [0, 0.1) is 25.2 Å². The first-order chi connectivity index (χ1) is 15.0. The van der Waals surface area contributed by atoms with Gasteiger partial charge in [0.1, 0.15) is 0 Å². The van der Waals surface area contributed by atoms with Crippen molar-refractivity contribution in [3.8, 4) is 6.07 Å². The number of hydrogen-bond acceptors (Lipinski definition) is 5. The Bertz CT molecular complexity index is 1130. The van der Waals surface area contributed by atoms with Crippen LogP contribution in [0.2, 0.25) is 0 Å². The Labute approximate surface area is 186 Å². The third-order valence-electron chi connectivity index (χ3n) is 4.59. The lowest BCUT2D eigenvalue weighted by Gasteiger charge is -2.11. The number of benzene rings is 3. The number of ether oxygens (including phenoxy) is 1. The second kappa shape index (κ2) is 10.5. The predicted octanol–water partition coefficient (Wildman–Crippen LogP) is 5.26. The maximum absolute atomic E-state index is 12.6. The average molecular weight is 431 g/mol. The van der Waals surface area contributed by atoms with E-state index in [1.165, 1.54) is 11.8 Å². The molecule has 5 nitrogen and oxygen atoms in total. The zero-order chi connectivity index (χ0) is 22.2. The Morgan fingerprint density at radius 1 is 1.03 bits per heavy atom. The molecule has 0 bridgehead atoms. The predicted molar refractivity (Wildman–Crippen MR) is 122 cm³/mol. The van der Waals surface area contributed by atoms with Crippen molar-refractivity contribution in [3.63, 3.8) is 0 Å². The number of hydrogen-bond donors (Lipinski definition) is 1. The van der Waals surface area contributed by atoms with Crippen molar-refractivity contribution in [1.29, 1.82) is 5.26 Å². The van der Waals surface area contributed by atoms with Crippen molar-refractivity contribution in [2.24, 2.45) is 0 Å². The summed E-state index contributed by atoms with van der Waals surface area (Å²) in [6.45, 7) is 3.49. The van der Waals surface area contributed by atoms with Crippen LogP contribution < -0.4 is 5.32 Å². The summed E-state index contributed by atoms with van der Waals surface area (Å²) in [5, 5.41) is 11.7. The van der Waals surface area contributed by atoms with Crippen LogP contribution in [0.4, 0.5) is 5.69 Å². The normalized spacial score (nSPS) is 10.2. The molecule has 6 heteroatoms. The molecule has 156 valence electrons. The third kappa shape index (κ3) is 6.21. The van der Waals surface area contributed by atoms with Gasteiger partial charge in [0, 0.05) is 16.3 Å². The first kappa shape index (κ1) is 22.1. The first-order valence-corrected chi connectivity index (χ1v) is 10.7. The minimum absolute atomic E-state index is 0.360. The first-order valence-electron chi connectivity index (χ1n) is 9.71. The Kier molecular flexibility index (Phi) is 7.47. The van der Waals surface area contributed by atoms with E-state index in [1.807, 2.05) is 56.3 Å². The van der Waals surface area contributed by atoms with Crippen LogP contribution in [0.15, 0.2) is 71.6 Å². The summed E-state index contributed by atoms with van der Waals surface area (Å²) in [5.74, 6) is -0.285. The number of carbonyl (C=O) groups is 2. The monoisotopic (exact) mass is 430 g/mol. The van der Waals surface area contributed by atoms with Crippen LogP contribution in [-0.2, 0) is 15.3 Å². The van der Waals surface area contributed by atoms with Crippen molar-refractivity contribution in [1.82, 2.24) is 0 Å². The van der Waals surface area contributed by atoms with E-state index in [4.69, 9.17) is 10.00 Å². The molecule has 1 N–H and O–H groups in total. The fourth-order valence-corrected chi connectivity index (χ4v) is 3.86. The van der Waals surface area contributed by atoms with Crippen molar-refractivity contribution in [2.45, 2.75) is 24.5 Å². The summed E-state index contributed by atoms with van der Waals surface area (Å²) in [5.41, 5.74) is 4.75. The van der Waals surface area contributed by atoms with Gasteiger partial charge < -0.3 is 10.1 Å². The Morgan fingerprint density at radius 2 is 1.77 bits per heavy atom. The van der Waals surface area contributed by atoms with Crippen LogP contribution in [-0.4, -0.2) is 18.5 Å². The number of esters is 1. The van der Waals surface area contributed by atoms with E-state index in [9.17, 15) is 9.59 Å². The number of thioether (sulfide) groups is 1. The van der Waals surface area contributed by atoms with Gasteiger partial charge >= 0.3 is 5.97 Å². The lowest BCUT2D eigenvalue weighted by Crippen LogP contribution is -2.21. The van der Waals surface area contributed by atoms with Crippen molar-refractivity contribution in [3.05, 3.63) is 94.5 Å². The summed E-state index contributed by atoms with van der Waals surface area (Å²) >= 11 is 1.50. The minimum atomic E-state index is -0.543. The average Bonchev–Trinajstić information content (AvgIpc) is 2.79. The van der Waals surface area contributed by atoms with Crippen LogP contribution in [0.25, 0.3) is 0 Å². The molecular weight excluding hydrogens is 408 g/mol. The highest BCUT2D eigenvalue weighted by molar-refractivity contribution is 7.98. The number of nitrogens with one attached hydrogen (secondary N) is 1. The largest absolute Gasteiger partial charge is 0.452 e. The Morgan fingerprint density at radius 3 is 2.52 bits per heavy atom. The van der Waals surface area contributed by atoms with E-state index >= 15 is 0 Å². The highest BCUT2D eigenvalue weighted by Crippen LogP contribution is 2.27. The smallest absolute Gasteiger partial charge is 0.339 e. The summed E-state index contributed by atoms with van der Waals surface area (Å²) in [6.07, 6.45) is 0. The number of rotatable bonds is 7. The number of carbonyl (C=O) groups excluding carboxylic acids is 2. The molecule has 0 fully saturated rings. The van der Waals surface area contributed by atoms with Crippen molar-refractivity contribution in [2.75, 3.05) is 11.9 Å². The SMILES string of the molecule is Cc1ccc(C)c(NC(=O)COC(=O)c2ccccc2SCc2ccc(C#N)cc2)c1. The molecule has 0 aliphatic carbocycles. The number of amides is 1. The molecular formula is C25H22N2O3S. The molecule has 3 aromatic carbocycles. The molecule has 0 radical (unpaired) electrons. The van der Waals surface area contributed by atoms with E-state index in [1.54, 1.807) is 24.3 Å². The second-order valence-electron chi connectivity index (χ2n) is 7.04. The van der Waals surface area contributed by atoms with Gasteiger partial charge in [-0.1, -0.05) is 36.4 Å². The highest BCUT2D eigenvalue weighted by Gasteiger charge is 2.15. The minimum Gasteiger partial charge on any atom is -0.452 e. The van der Waals surface area contributed by atoms with E-state index in [-0.39, 0.29) is 12.5 Å². The molecule has 0 aliphatic rings. The maximum Gasteiger partial charge on any atom is 0.339 e. The highest BCUT2D eigenvalue weighted by atomic mass is 32.2. The molecule has 0 spiro atoms. The van der Waals surface area contributed by atoms with Gasteiger partial charge in [0.2, 0.25) is 0 Å². The Balaban J connectivity index is 1.59. The zero-order valence-corrected chi connectivity index (χ0v) is 18.2. The molecule has 0 unspecified atom stereocenters. The van der Waals surface area contributed by atoms with Gasteiger partial charge in [-0.25, -0.2) is 4.79 Å². The van der Waals surface area contributed by atoms with Gasteiger partial charge in [0.05, 0.1) is 17.2 Å². The molecule has 0 aromatic heterocycles. The van der Waals surface area contributed by atoms with E-state index < -0.39 is 5.97 Å². The molecule has 31 heavy (non-hydrogen) atoms. The molecule has 0 saturated heterocycles.